The monoisotopic (exact) mass is 377 g/mol. The molecule has 1 aromatic carbocycles. The van der Waals surface area contributed by atoms with E-state index in [1.807, 2.05) is 0 Å². The van der Waals surface area contributed by atoms with Gasteiger partial charge in [-0.25, -0.2) is 4.79 Å². The zero-order valence-corrected chi connectivity index (χ0v) is 14.0. The molecule has 10 heteroatoms. The Hall–Kier alpha value is -2.63. The molecule has 3 rings (SSSR count). The summed E-state index contributed by atoms with van der Waals surface area (Å²) in [5.41, 5.74) is -0.470. The van der Waals surface area contributed by atoms with Crippen LogP contribution >= 0.6 is 0 Å². The number of aliphatic hydroxyl groups excluding tert-OH is 4. The minimum Gasteiger partial charge on any atom is -0.394 e. The molecule has 1 aromatic heterocycles. The summed E-state index contributed by atoms with van der Waals surface area (Å²) in [6.07, 6.45) is -6.06. The SMILES string of the molecule is O=C(Nc1ccn(C2OC(CO)C(O)C(O)C2O)c(=O)n1)c1ccccc1. The van der Waals surface area contributed by atoms with Crippen molar-refractivity contribution in [2.45, 2.75) is 30.6 Å². The summed E-state index contributed by atoms with van der Waals surface area (Å²) >= 11 is 0. The van der Waals surface area contributed by atoms with Crippen LogP contribution in [0.3, 0.4) is 0 Å². The van der Waals surface area contributed by atoms with Crippen molar-refractivity contribution in [3.05, 3.63) is 58.6 Å². The molecule has 2 heterocycles. The predicted molar refractivity (Wildman–Crippen MR) is 91.9 cm³/mol. The highest BCUT2D eigenvalue weighted by molar-refractivity contribution is 6.03. The second-order valence-electron chi connectivity index (χ2n) is 6.04. The minimum atomic E-state index is -1.62. The van der Waals surface area contributed by atoms with Crippen molar-refractivity contribution in [1.82, 2.24) is 9.55 Å². The highest BCUT2D eigenvalue weighted by Crippen LogP contribution is 2.27. The summed E-state index contributed by atoms with van der Waals surface area (Å²) in [6, 6.07) is 9.67. The van der Waals surface area contributed by atoms with E-state index in [4.69, 9.17) is 4.74 Å². The van der Waals surface area contributed by atoms with Gasteiger partial charge in [0.05, 0.1) is 6.61 Å². The highest BCUT2D eigenvalue weighted by Gasteiger charge is 2.44. The molecule has 27 heavy (non-hydrogen) atoms. The first-order chi connectivity index (χ1) is 12.9. The van der Waals surface area contributed by atoms with E-state index in [2.05, 4.69) is 10.3 Å². The van der Waals surface area contributed by atoms with E-state index < -0.39 is 48.8 Å². The lowest BCUT2D eigenvalue weighted by molar-refractivity contribution is -0.252. The molecule has 1 fully saturated rings. The van der Waals surface area contributed by atoms with Gasteiger partial charge in [-0.15, -0.1) is 0 Å². The van der Waals surface area contributed by atoms with Crippen LogP contribution in [0.5, 0.6) is 0 Å². The molecule has 0 aliphatic carbocycles. The first-order valence-corrected chi connectivity index (χ1v) is 8.18. The first kappa shape index (κ1) is 19.1. The number of aliphatic hydroxyl groups is 4. The van der Waals surface area contributed by atoms with Gasteiger partial charge in [0.25, 0.3) is 5.91 Å². The van der Waals surface area contributed by atoms with Gasteiger partial charge < -0.3 is 30.5 Å². The zero-order valence-electron chi connectivity index (χ0n) is 14.0. The van der Waals surface area contributed by atoms with Crippen LogP contribution < -0.4 is 11.0 Å². The van der Waals surface area contributed by atoms with Crippen LogP contribution in [0.4, 0.5) is 5.82 Å². The molecule has 5 atom stereocenters. The molecule has 2 aromatic rings. The smallest absolute Gasteiger partial charge is 0.351 e. The maximum Gasteiger partial charge on any atom is 0.351 e. The van der Waals surface area contributed by atoms with Gasteiger partial charge in [0.15, 0.2) is 6.23 Å². The molecule has 144 valence electrons. The number of anilines is 1. The number of benzene rings is 1. The largest absolute Gasteiger partial charge is 0.394 e. The van der Waals surface area contributed by atoms with Crippen LogP contribution in [0.1, 0.15) is 16.6 Å². The summed E-state index contributed by atoms with van der Waals surface area (Å²) in [5, 5.41) is 41.4. The predicted octanol–water partition coefficient (Wildman–Crippen LogP) is -1.53. The summed E-state index contributed by atoms with van der Waals surface area (Å²) < 4.78 is 6.22. The van der Waals surface area contributed by atoms with E-state index in [1.165, 1.54) is 12.3 Å². The van der Waals surface area contributed by atoms with Crippen LogP contribution in [-0.2, 0) is 4.74 Å². The zero-order chi connectivity index (χ0) is 19.6. The Morgan fingerprint density at radius 3 is 2.44 bits per heavy atom. The Bertz CT molecular complexity index is 855. The molecule has 5 unspecified atom stereocenters. The average Bonchev–Trinajstić information content (AvgIpc) is 2.68. The van der Waals surface area contributed by atoms with Crippen molar-refractivity contribution in [3.63, 3.8) is 0 Å². The third-order valence-electron chi connectivity index (χ3n) is 4.25. The second-order valence-corrected chi connectivity index (χ2v) is 6.04. The first-order valence-electron chi connectivity index (χ1n) is 8.18. The topological polar surface area (TPSA) is 154 Å². The molecule has 1 saturated heterocycles. The summed E-state index contributed by atoms with van der Waals surface area (Å²) in [4.78, 5) is 28.1. The number of nitrogens with one attached hydrogen (secondary N) is 1. The molecule has 1 amide bonds. The Labute approximate surface area is 153 Å². The van der Waals surface area contributed by atoms with E-state index in [0.29, 0.717) is 5.56 Å². The number of hydrogen-bond acceptors (Lipinski definition) is 8. The lowest BCUT2D eigenvalue weighted by Crippen LogP contribution is -2.57. The number of ether oxygens (including phenoxy) is 1. The van der Waals surface area contributed by atoms with Gasteiger partial charge in [-0.05, 0) is 18.2 Å². The quantitative estimate of drug-likeness (QED) is 0.430. The molecule has 10 nitrogen and oxygen atoms in total. The van der Waals surface area contributed by atoms with Gasteiger partial charge in [0.1, 0.15) is 30.2 Å². The van der Waals surface area contributed by atoms with Crippen LogP contribution in [0.25, 0.3) is 0 Å². The third kappa shape index (κ3) is 3.89. The van der Waals surface area contributed by atoms with Crippen LogP contribution in [0, 0.1) is 0 Å². The lowest BCUT2D eigenvalue weighted by Gasteiger charge is -2.40. The normalized spacial score (nSPS) is 27.9. The van der Waals surface area contributed by atoms with E-state index in [-0.39, 0.29) is 5.82 Å². The van der Waals surface area contributed by atoms with Gasteiger partial charge in [-0.3, -0.25) is 9.36 Å². The molecular formula is C17H19N3O7. The number of amides is 1. The second kappa shape index (κ2) is 7.94. The molecule has 0 radical (unpaired) electrons. The summed E-state index contributed by atoms with van der Waals surface area (Å²) in [7, 11) is 0. The summed E-state index contributed by atoms with van der Waals surface area (Å²) in [6.45, 7) is -0.616. The van der Waals surface area contributed by atoms with Crippen molar-refractivity contribution >= 4 is 11.7 Å². The summed E-state index contributed by atoms with van der Waals surface area (Å²) in [5.74, 6) is -0.456. The average molecular weight is 377 g/mol. The highest BCUT2D eigenvalue weighted by atomic mass is 16.6. The molecule has 5 N–H and O–H groups in total. The molecular weight excluding hydrogens is 358 g/mol. The van der Waals surface area contributed by atoms with Crippen molar-refractivity contribution in [3.8, 4) is 0 Å². The van der Waals surface area contributed by atoms with Gasteiger partial charge in [0.2, 0.25) is 0 Å². The van der Waals surface area contributed by atoms with Crippen molar-refractivity contribution in [2.24, 2.45) is 0 Å². The minimum absolute atomic E-state index is 0.00491. The maximum absolute atomic E-state index is 12.3. The third-order valence-corrected chi connectivity index (χ3v) is 4.25. The van der Waals surface area contributed by atoms with Crippen LogP contribution in [0.2, 0.25) is 0 Å². The van der Waals surface area contributed by atoms with Gasteiger partial charge >= 0.3 is 5.69 Å². The van der Waals surface area contributed by atoms with Crippen LogP contribution in [0.15, 0.2) is 47.4 Å². The molecule has 1 aliphatic rings. The Morgan fingerprint density at radius 1 is 1.11 bits per heavy atom. The van der Waals surface area contributed by atoms with E-state index in [0.717, 1.165) is 4.57 Å². The van der Waals surface area contributed by atoms with E-state index >= 15 is 0 Å². The number of aromatic nitrogens is 2. The fourth-order valence-corrected chi connectivity index (χ4v) is 2.77. The Morgan fingerprint density at radius 2 is 1.81 bits per heavy atom. The fraction of sp³-hybridized carbons (Fsp3) is 0.353. The van der Waals surface area contributed by atoms with Gasteiger partial charge in [-0.1, -0.05) is 18.2 Å². The number of carbonyl (C=O) groups excluding carboxylic acids is 1. The maximum atomic E-state index is 12.3. The van der Waals surface area contributed by atoms with Crippen molar-refractivity contribution in [1.29, 1.82) is 0 Å². The Kier molecular flexibility index (Phi) is 5.63. The van der Waals surface area contributed by atoms with E-state index in [9.17, 15) is 30.0 Å². The molecule has 0 saturated carbocycles. The van der Waals surface area contributed by atoms with Gasteiger partial charge in [0, 0.05) is 11.8 Å². The number of nitrogens with zero attached hydrogens (tertiary/aromatic N) is 2. The number of hydrogen-bond donors (Lipinski definition) is 5. The fourth-order valence-electron chi connectivity index (χ4n) is 2.77. The number of rotatable bonds is 4. The van der Waals surface area contributed by atoms with Gasteiger partial charge in [-0.2, -0.15) is 4.98 Å². The van der Waals surface area contributed by atoms with Crippen molar-refractivity contribution in [2.75, 3.05) is 11.9 Å². The van der Waals surface area contributed by atoms with E-state index in [1.54, 1.807) is 30.3 Å². The Balaban J connectivity index is 1.80. The molecule has 0 spiro atoms. The lowest BCUT2D eigenvalue weighted by atomic mass is 9.98. The molecule has 0 bridgehead atoms. The van der Waals surface area contributed by atoms with Crippen molar-refractivity contribution < 1.29 is 30.0 Å². The number of carbonyl (C=O) groups is 1. The van der Waals surface area contributed by atoms with Crippen LogP contribution in [-0.4, -0.2) is 66.9 Å². The molecule has 1 aliphatic heterocycles. The standard InChI is InChI=1S/C17H19N3O7/c21-8-10-12(22)13(23)14(24)16(27-10)20-7-6-11(19-17(20)26)18-15(25)9-4-2-1-3-5-9/h1-7,10,12-14,16,21-24H,8H2,(H,18,19,25,26).